The second-order valence-corrected chi connectivity index (χ2v) is 2.86. The molecular formula is C8H8F3N3O. The number of amides is 1. The molecule has 0 aliphatic rings. The van der Waals surface area contributed by atoms with Crippen LogP contribution in [0.25, 0.3) is 0 Å². The predicted octanol–water partition coefficient (Wildman–Crippen LogP) is 0.785. The Hall–Kier alpha value is -1.79. The van der Waals surface area contributed by atoms with Crippen LogP contribution in [0.4, 0.5) is 19.0 Å². The molecule has 0 bridgehead atoms. The Balaban J connectivity index is 2.95. The number of rotatable bonds is 3. The zero-order valence-electron chi connectivity index (χ0n) is 7.72. The van der Waals surface area contributed by atoms with Crippen molar-refractivity contribution in [3.8, 4) is 0 Å². The molecule has 1 aromatic rings. The van der Waals surface area contributed by atoms with E-state index in [1.54, 1.807) is 0 Å². The molecule has 0 saturated carbocycles. The van der Waals surface area contributed by atoms with Gasteiger partial charge in [-0.15, -0.1) is 0 Å². The first-order valence-corrected chi connectivity index (χ1v) is 3.99. The van der Waals surface area contributed by atoms with Crippen LogP contribution in [0.3, 0.4) is 0 Å². The summed E-state index contributed by atoms with van der Waals surface area (Å²) in [6.45, 7) is 1.34. The molecule has 0 aliphatic carbocycles. The third-order valence-electron chi connectivity index (χ3n) is 1.67. The fourth-order valence-corrected chi connectivity index (χ4v) is 0.822. The van der Waals surface area contributed by atoms with Crippen LogP contribution in [0.2, 0.25) is 0 Å². The predicted molar refractivity (Wildman–Crippen MR) is 46.4 cm³/mol. The minimum atomic E-state index is -1.45. The van der Waals surface area contributed by atoms with Crippen LogP contribution in [0.5, 0.6) is 0 Å². The Morgan fingerprint density at radius 3 is 2.60 bits per heavy atom. The van der Waals surface area contributed by atoms with Crippen molar-refractivity contribution < 1.29 is 18.0 Å². The van der Waals surface area contributed by atoms with E-state index in [0.717, 1.165) is 0 Å². The smallest absolute Gasteiger partial charge is 0.251 e. The van der Waals surface area contributed by atoms with E-state index in [0.29, 0.717) is 6.07 Å². The lowest BCUT2D eigenvalue weighted by Gasteiger charge is -2.11. The molecule has 0 aromatic carbocycles. The molecule has 0 radical (unpaired) electrons. The van der Waals surface area contributed by atoms with Crippen LogP contribution in [-0.4, -0.2) is 16.9 Å². The van der Waals surface area contributed by atoms with E-state index in [4.69, 9.17) is 5.73 Å². The number of carbonyl (C=O) groups excluding carboxylic acids is 1. The standard InChI is InChI=1S/C8H8F3N3O/c1-3(7(12)15)13-8-5(10)2-4(9)6(11)14-8/h2-3H,1H3,(H2,12,15)(H,13,14). The topological polar surface area (TPSA) is 68.0 Å². The van der Waals surface area contributed by atoms with Crippen molar-refractivity contribution in [3.63, 3.8) is 0 Å². The van der Waals surface area contributed by atoms with Gasteiger partial charge in [-0.3, -0.25) is 4.79 Å². The average Bonchev–Trinajstić information content (AvgIpc) is 2.13. The van der Waals surface area contributed by atoms with Crippen LogP contribution in [-0.2, 0) is 4.79 Å². The molecule has 1 atom stereocenters. The number of halogens is 3. The zero-order valence-corrected chi connectivity index (χ0v) is 7.72. The maximum Gasteiger partial charge on any atom is 0.251 e. The molecule has 4 nitrogen and oxygen atoms in total. The SMILES string of the molecule is CC(Nc1nc(F)c(F)cc1F)C(N)=O. The zero-order chi connectivity index (χ0) is 11.6. The lowest BCUT2D eigenvalue weighted by atomic mass is 10.3. The second-order valence-electron chi connectivity index (χ2n) is 2.86. The van der Waals surface area contributed by atoms with Gasteiger partial charge in [-0.2, -0.15) is 9.37 Å². The fourth-order valence-electron chi connectivity index (χ4n) is 0.822. The van der Waals surface area contributed by atoms with Gasteiger partial charge in [0.25, 0.3) is 5.95 Å². The van der Waals surface area contributed by atoms with Crippen molar-refractivity contribution in [2.24, 2.45) is 5.73 Å². The minimum absolute atomic E-state index is 0.332. The molecule has 1 heterocycles. The summed E-state index contributed by atoms with van der Waals surface area (Å²) in [5.41, 5.74) is 4.88. The van der Waals surface area contributed by atoms with Gasteiger partial charge in [-0.1, -0.05) is 0 Å². The third-order valence-corrected chi connectivity index (χ3v) is 1.67. The van der Waals surface area contributed by atoms with Gasteiger partial charge in [-0.05, 0) is 6.92 Å². The minimum Gasteiger partial charge on any atom is -0.368 e. The monoisotopic (exact) mass is 219 g/mol. The van der Waals surface area contributed by atoms with Crippen LogP contribution in [0, 0.1) is 17.6 Å². The number of pyridine rings is 1. The summed E-state index contributed by atoms with van der Waals surface area (Å²) in [6, 6.07) is -0.602. The molecule has 3 N–H and O–H groups in total. The maximum absolute atomic E-state index is 13.0. The summed E-state index contributed by atoms with van der Waals surface area (Å²) in [7, 11) is 0. The number of nitrogens with zero attached hydrogens (tertiary/aromatic N) is 1. The summed E-state index contributed by atoms with van der Waals surface area (Å²) < 4.78 is 38.0. The maximum atomic E-state index is 13.0. The number of nitrogens with two attached hydrogens (primary N) is 1. The number of aromatic nitrogens is 1. The van der Waals surface area contributed by atoms with Crippen LogP contribution in [0.15, 0.2) is 6.07 Å². The van der Waals surface area contributed by atoms with Gasteiger partial charge in [-0.25, -0.2) is 8.78 Å². The molecule has 0 aliphatic heterocycles. The van der Waals surface area contributed by atoms with Gasteiger partial charge in [0.1, 0.15) is 6.04 Å². The number of anilines is 1. The van der Waals surface area contributed by atoms with E-state index in [2.05, 4.69) is 10.3 Å². The first kappa shape index (κ1) is 11.3. The Bertz CT molecular complexity index is 397. The van der Waals surface area contributed by atoms with Gasteiger partial charge < -0.3 is 11.1 Å². The highest BCUT2D eigenvalue weighted by atomic mass is 19.2. The summed E-state index contributed by atoms with van der Waals surface area (Å²) in [6.07, 6.45) is 0. The van der Waals surface area contributed by atoms with Crippen molar-refractivity contribution in [3.05, 3.63) is 23.6 Å². The van der Waals surface area contributed by atoms with E-state index in [-0.39, 0.29) is 0 Å². The average molecular weight is 219 g/mol. The van der Waals surface area contributed by atoms with Crippen molar-refractivity contribution in [2.75, 3.05) is 5.32 Å². The van der Waals surface area contributed by atoms with Gasteiger partial charge >= 0.3 is 0 Å². The Morgan fingerprint density at radius 2 is 2.07 bits per heavy atom. The molecule has 1 unspecified atom stereocenters. The number of hydrogen-bond acceptors (Lipinski definition) is 3. The van der Waals surface area contributed by atoms with Crippen LogP contribution < -0.4 is 11.1 Å². The molecule has 1 amide bonds. The van der Waals surface area contributed by atoms with Crippen molar-refractivity contribution in [1.82, 2.24) is 4.98 Å². The molecule has 1 rings (SSSR count). The Labute approximate surface area is 83.3 Å². The highest BCUT2D eigenvalue weighted by Crippen LogP contribution is 2.14. The molecular weight excluding hydrogens is 211 g/mol. The number of hydrogen-bond donors (Lipinski definition) is 2. The first-order chi connectivity index (χ1) is 6.91. The molecule has 0 fully saturated rings. The quantitative estimate of drug-likeness (QED) is 0.738. The largest absolute Gasteiger partial charge is 0.368 e. The molecule has 7 heteroatoms. The van der Waals surface area contributed by atoms with Crippen molar-refractivity contribution >= 4 is 11.7 Å². The van der Waals surface area contributed by atoms with Crippen molar-refractivity contribution in [2.45, 2.75) is 13.0 Å². The van der Waals surface area contributed by atoms with E-state index in [1.807, 2.05) is 0 Å². The summed E-state index contributed by atoms with van der Waals surface area (Å²) in [4.78, 5) is 13.6. The summed E-state index contributed by atoms with van der Waals surface area (Å²) >= 11 is 0. The molecule has 0 saturated heterocycles. The number of primary amides is 1. The Kier molecular flexibility index (Phi) is 3.13. The lowest BCUT2D eigenvalue weighted by Crippen LogP contribution is -2.33. The van der Waals surface area contributed by atoms with Gasteiger partial charge in [0.05, 0.1) is 0 Å². The summed E-state index contributed by atoms with van der Waals surface area (Å²) in [5, 5.41) is 2.21. The van der Waals surface area contributed by atoms with Crippen LogP contribution >= 0.6 is 0 Å². The fraction of sp³-hybridized carbons (Fsp3) is 0.250. The lowest BCUT2D eigenvalue weighted by molar-refractivity contribution is -0.118. The van der Waals surface area contributed by atoms with E-state index in [1.165, 1.54) is 6.92 Å². The normalized spacial score (nSPS) is 12.3. The highest BCUT2D eigenvalue weighted by Gasteiger charge is 2.15. The second kappa shape index (κ2) is 4.16. The van der Waals surface area contributed by atoms with Crippen LogP contribution in [0.1, 0.15) is 6.92 Å². The van der Waals surface area contributed by atoms with Gasteiger partial charge in [0.15, 0.2) is 17.5 Å². The summed E-state index contributed by atoms with van der Waals surface area (Å²) in [5.74, 6) is -5.26. The number of carbonyl (C=O) groups is 1. The van der Waals surface area contributed by atoms with E-state index < -0.39 is 35.3 Å². The number of nitrogens with one attached hydrogen (secondary N) is 1. The Morgan fingerprint density at radius 1 is 1.47 bits per heavy atom. The van der Waals surface area contributed by atoms with Crippen molar-refractivity contribution in [1.29, 1.82) is 0 Å². The highest BCUT2D eigenvalue weighted by molar-refractivity contribution is 5.82. The van der Waals surface area contributed by atoms with E-state index in [9.17, 15) is 18.0 Å². The van der Waals surface area contributed by atoms with Gasteiger partial charge in [0.2, 0.25) is 5.91 Å². The molecule has 82 valence electrons. The first-order valence-electron chi connectivity index (χ1n) is 3.99. The molecule has 0 spiro atoms. The van der Waals surface area contributed by atoms with Gasteiger partial charge in [0, 0.05) is 6.07 Å². The van der Waals surface area contributed by atoms with E-state index >= 15 is 0 Å². The molecule has 1 aromatic heterocycles. The molecule has 15 heavy (non-hydrogen) atoms. The third kappa shape index (κ3) is 2.58.